The van der Waals surface area contributed by atoms with Crippen LogP contribution in [0.4, 0.5) is 0 Å². The lowest BCUT2D eigenvalue weighted by molar-refractivity contribution is -0.162. The van der Waals surface area contributed by atoms with Crippen molar-refractivity contribution in [3.63, 3.8) is 0 Å². The van der Waals surface area contributed by atoms with Gasteiger partial charge in [-0.3, -0.25) is 14.4 Å². The molecule has 0 radical (unpaired) electrons. The van der Waals surface area contributed by atoms with Gasteiger partial charge in [-0.05, 0) is 44.1 Å². The highest BCUT2D eigenvalue weighted by molar-refractivity contribution is 5.98. The van der Waals surface area contributed by atoms with E-state index in [4.69, 9.17) is 14.6 Å². The van der Waals surface area contributed by atoms with Crippen molar-refractivity contribution in [3.8, 4) is 0 Å². The molecule has 0 saturated carbocycles. The molecule has 1 aromatic carbocycles. The molecule has 2 amide bonds. The van der Waals surface area contributed by atoms with Crippen molar-refractivity contribution < 1.29 is 29.0 Å². The predicted octanol–water partition coefficient (Wildman–Crippen LogP) is 4.03. The summed E-state index contributed by atoms with van der Waals surface area (Å²) in [5.74, 6) is -2.31. The minimum atomic E-state index is -1.08. The van der Waals surface area contributed by atoms with Crippen LogP contribution in [0.5, 0.6) is 0 Å². The molecule has 8 nitrogen and oxygen atoms in total. The number of amides is 2. The fraction of sp³-hybridized carbons (Fsp3) is 0.594. The Kier molecular flexibility index (Phi) is 9.85. The zero-order valence-corrected chi connectivity index (χ0v) is 23.8. The van der Waals surface area contributed by atoms with Crippen LogP contribution in [0.25, 0.3) is 0 Å². The van der Waals surface area contributed by atoms with E-state index in [1.165, 1.54) is 0 Å². The van der Waals surface area contributed by atoms with Crippen molar-refractivity contribution in [1.82, 2.24) is 9.80 Å². The summed E-state index contributed by atoms with van der Waals surface area (Å²) in [5, 5.41) is 9.16. The van der Waals surface area contributed by atoms with Gasteiger partial charge < -0.3 is 24.4 Å². The van der Waals surface area contributed by atoms with Crippen molar-refractivity contribution >= 4 is 17.8 Å². The van der Waals surface area contributed by atoms with Crippen molar-refractivity contribution in [3.05, 3.63) is 61.2 Å². The first-order valence-electron chi connectivity index (χ1n) is 14.7. The second-order valence-electron chi connectivity index (χ2n) is 11.2. The third-order valence-corrected chi connectivity index (χ3v) is 8.92. The molecule has 3 aliphatic heterocycles. The summed E-state index contributed by atoms with van der Waals surface area (Å²) in [6.07, 6.45) is 8.69. The average Bonchev–Trinajstić information content (AvgIpc) is 3.56. The first kappa shape index (κ1) is 30.0. The van der Waals surface area contributed by atoms with Gasteiger partial charge in [-0.15, -0.1) is 13.2 Å². The highest BCUT2D eigenvalue weighted by atomic mass is 16.6. The van der Waals surface area contributed by atoms with Gasteiger partial charge in [-0.25, -0.2) is 0 Å². The number of rotatable bonds is 16. The lowest BCUT2D eigenvalue weighted by Crippen LogP contribution is -2.56. The predicted molar refractivity (Wildman–Crippen MR) is 152 cm³/mol. The summed E-state index contributed by atoms with van der Waals surface area (Å²) in [7, 11) is 0. The van der Waals surface area contributed by atoms with Crippen LogP contribution in [0.1, 0.15) is 63.9 Å². The Morgan fingerprint density at radius 1 is 1.15 bits per heavy atom. The summed E-state index contributed by atoms with van der Waals surface area (Å²) >= 11 is 0. The molecular weight excluding hydrogens is 508 g/mol. The number of carbonyl (C=O) groups is 3. The molecule has 218 valence electrons. The Labute approximate surface area is 238 Å². The number of hydrogen-bond donors (Lipinski definition) is 1. The van der Waals surface area contributed by atoms with Crippen LogP contribution in [-0.4, -0.2) is 76.2 Å². The first-order chi connectivity index (χ1) is 19.4. The molecule has 2 bridgehead atoms. The maximum Gasteiger partial charge on any atom is 0.312 e. The highest BCUT2D eigenvalue weighted by Crippen LogP contribution is 2.64. The van der Waals surface area contributed by atoms with E-state index in [0.29, 0.717) is 58.2 Å². The topological polar surface area (TPSA) is 96.4 Å². The first-order valence-corrected chi connectivity index (χ1v) is 14.7. The Morgan fingerprint density at radius 2 is 1.90 bits per heavy atom. The highest BCUT2D eigenvalue weighted by Gasteiger charge is 2.79. The van der Waals surface area contributed by atoms with Gasteiger partial charge in [-0.2, -0.15) is 0 Å². The summed E-state index contributed by atoms with van der Waals surface area (Å²) < 4.78 is 12.5. The smallest absolute Gasteiger partial charge is 0.312 e. The minimum absolute atomic E-state index is 0.132. The number of nitrogens with zero attached hydrogens (tertiary/aromatic N) is 2. The number of carbonyl (C=O) groups excluding carboxylic acids is 3. The Hall–Kier alpha value is -2.97. The second kappa shape index (κ2) is 13.1. The molecule has 40 heavy (non-hydrogen) atoms. The molecule has 3 aliphatic rings. The van der Waals surface area contributed by atoms with E-state index in [-0.39, 0.29) is 25.0 Å². The van der Waals surface area contributed by atoms with E-state index in [0.717, 1.165) is 18.4 Å². The number of likely N-dealkylation sites (tertiary alicyclic amines) is 1. The van der Waals surface area contributed by atoms with E-state index in [1.807, 2.05) is 37.3 Å². The molecule has 4 rings (SSSR count). The standard InChI is InChI=1S/C32H44N2O6/c1-4-7-22-39-30(38)26-25-28(36)34(20-13-8-9-14-21-35)27(32(25)18-17-31(26,6-3)40-32)29(37)33(19-5-2)23-24-15-11-10-12-16-24/h4-5,10-12,15-16,25-27,35H,1-2,6-9,13-14,17-23H2,3H3/t25-,26+,27?,31-,32?/m0/s1. The number of unbranched alkanes of at least 4 members (excludes halogenated alkanes) is 3. The molecule has 1 N–H and O–H groups in total. The van der Waals surface area contributed by atoms with Crippen molar-refractivity contribution in [2.75, 3.05) is 26.3 Å². The van der Waals surface area contributed by atoms with Crippen LogP contribution in [0.2, 0.25) is 0 Å². The van der Waals surface area contributed by atoms with Crippen molar-refractivity contribution in [2.24, 2.45) is 11.8 Å². The molecule has 3 fully saturated rings. The third-order valence-electron chi connectivity index (χ3n) is 8.92. The van der Waals surface area contributed by atoms with Crippen LogP contribution in [0, 0.1) is 11.8 Å². The van der Waals surface area contributed by atoms with Crippen LogP contribution < -0.4 is 0 Å². The Bertz CT molecular complexity index is 1080. The quantitative estimate of drug-likeness (QED) is 0.189. The number of aliphatic hydroxyl groups excluding tert-OH is 1. The second-order valence-corrected chi connectivity index (χ2v) is 11.2. The molecular formula is C32H44N2O6. The lowest BCUT2D eigenvalue weighted by atomic mass is 9.65. The Morgan fingerprint density at radius 3 is 2.58 bits per heavy atom. The van der Waals surface area contributed by atoms with E-state index >= 15 is 0 Å². The molecule has 0 aromatic heterocycles. The van der Waals surface area contributed by atoms with Gasteiger partial charge in [0.15, 0.2) is 0 Å². The van der Waals surface area contributed by atoms with Crippen molar-refractivity contribution in [2.45, 2.75) is 82.1 Å². The molecule has 0 aliphatic carbocycles. The number of fused-ring (bicyclic) bond motifs is 1. The number of esters is 1. The van der Waals surface area contributed by atoms with E-state index in [9.17, 15) is 14.4 Å². The van der Waals surface area contributed by atoms with Gasteiger partial charge in [0.05, 0.1) is 18.1 Å². The summed E-state index contributed by atoms with van der Waals surface area (Å²) in [6, 6.07) is 8.93. The number of ether oxygens (including phenoxy) is 2. The van der Waals surface area contributed by atoms with Crippen LogP contribution in [-0.2, 0) is 30.4 Å². The van der Waals surface area contributed by atoms with Crippen LogP contribution in [0.3, 0.4) is 0 Å². The van der Waals surface area contributed by atoms with Gasteiger partial charge in [0.25, 0.3) is 0 Å². The van der Waals surface area contributed by atoms with E-state index < -0.39 is 35.0 Å². The van der Waals surface area contributed by atoms with Gasteiger partial charge in [0.1, 0.15) is 17.6 Å². The zero-order chi connectivity index (χ0) is 28.8. The van der Waals surface area contributed by atoms with Gasteiger partial charge >= 0.3 is 5.97 Å². The third kappa shape index (κ3) is 5.48. The Balaban J connectivity index is 1.69. The lowest BCUT2D eigenvalue weighted by Gasteiger charge is -2.37. The largest absolute Gasteiger partial charge is 0.465 e. The number of aliphatic hydroxyl groups is 1. The summed E-state index contributed by atoms with van der Waals surface area (Å²) in [4.78, 5) is 45.7. The van der Waals surface area contributed by atoms with Crippen LogP contribution >= 0.6 is 0 Å². The molecule has 1 spiro atoms. The minimum Gasteiger partial charge on any atom is -0.465 e. The van der Waals surface area contributed by atoms with Crippen molar-refractivity contribution in [1.29, 1.82) is 0 Å². The van der Waals surface area contributed by atoms with Gasteiger partial charge in [0.2, 0.25) is 11.8 Å². The normalized spacial score (nSPS) is 28.4. The molecule has 3 heterocycles. The van der Waals surface area contributed by atoms with Crippen LogP contribution in [0.15, 0.2) is 55.6 Å². The number of benzene rings is 1. The fourth-order valence-corrected chi connectivity index (χ4v) is 7.04. The molecule has 2 unspecified atom stereocenters. The number of hydrogen-bond acceptors (Lipinski definition) is 6. The maximum atomic E-state index is 14.5. The monoisotopic (exact) mass is 552 g/mol. The van der Waals surface area contributed by atoms with E-state index in [2.05, 4.69) is 13.2 Å². The molecule has 8 heteroatoms. The van der Waals surface area contributed by atoms with Gasteiger partial charge in [-0.1, -0.05) is 62.2 Å². The average molecular weight is 553 g/mol. The fourth-order valence-electron chi connectivity index (χ4n) is 7.04. The summed E-state index contributed by atoms with van der Waals surface area (Å²) in [5.41, 5.74) is -0.912. The van der Waals surface area contributed by atoms with E-state index in [1.54, 1.807) is 22.0 Å². The summed E-state index contributed by atoms with van der Waals surface area (Å²) in [6.45, 7) is 11.0. The molecule has 1 aromatic rings. The SMILES string of the molecule is C=CCCOC(=O)[C@H]1[C@H]2C(=O)N(CCCCCCO)C(C(=O)N(CC=C)Cc3ccccc3)C23CC[C@]1(CC)O3. The maximum absolute atomic E-state index is 14.5. The van der Waals surface area contributed by atoms with Gasteiger partial charge in [0, 0.05) is 26.2 Å². The zero-order valence-electron chi connectivity index (χ0n) is 23.8. The molecule has 5 atom stereocenters. The molecule has 3 saturated heterocycles.